The van der Waals surface area contributed by atoms with Crippen LogP contribution in [0.4, 0.5) is 0 Å². The molecule has 0 aliphatic rings. The second-order valence-electron chi connectivity index (χ2n) is 5.37. The lowest BCUT2D eigenvalue weighted by atomic mass is 10.0. The van der Waals surface area contributed by atoms with Crippen LogP contribution in [0.1, 0.15) is 30.9 Å². The van der Waals surface area contributed by atoms with Gasteiger partial charge in [0.05, 0.1) is 6.04 Å². The third kappa shape index (κ3) is 6.46. The Hall–Kier alpha value is -2.27. The zero-order valence-electron chi connectivity index (χ0n) is 13.4. The van der Waals surface area contributed by atoms with Crippen molar-refractivity contribution in [3.8, 4) is 0 Å². The Morgan fingerprint density at radius 2 is 1.58 bits per heavy atom. The van der Waals surface area contributed by atoms with Crippen molar-refractivity contribution in [3.63, 3.8) is 0 Å². The van der Waals surface area contributed by atoms with Crippen molar-refractivity contribution >= 4 is 23.6 Å². The second-order valence-corrected chi connectivity index (χ2v) is 6.54. The molecule has 0 aromatic heterocycles. The molecule has 0 aliphatic heterocycles. The Morgan fingerprint density at radius 3 is 2.21 bits per heavy atom. The van der Waals surface area contributed by atoms with Crippen LogP contribution in [0.3, 0.4) is 0 Å². The van der Waals surface area contributed by atoms with Gasteiger partial charge in [-0.1, -0.05) is 48.5 Å². The minimum Gasteiger partial charge on any atom is -0.481 e. The van der Waals surface area contributed by atoms with E-state index in [1.807, 2.05) is 60.7 Å². The third-order valence-corrected chi connectivity index (χ3v) is 4.54. The van der Waals surface area contributed by atoms with Crippen LogP contribution >= 0.6 is 11.8 Å². The van der Waals surface area contributed by atoms with E-state index in [2.05, 4.69) is 5.32 Å². The number of rotatable bonds is 9. The van der Waals surface area contributed by atoms with Crippen LogP contribution < -0.4 is 5.32 Å². The number of carbonyl (C=O) groups excluding carboxylic acids is 1. The molecule has 24 heavy (non-hydrogen) atoms. The van der Waals surface area contributed by atoms with E-state index in [1.54, 1.807) is 11.8 Å². The van der Waals surface area contributed by atoms with Crippen molar-refractivity contribution in [1.82, 2.24) is 5.32 Å². The maximum atomic E-state index is 12.2. The summed E-state index contributed by atoms with van der Waals surface area (Å²) >= 11 is 1.63. The molecule has 0 saturated heterocycles. The summed E-state index contributed by atoms with van der Waals surface area (Å²) in [5.41, 5.74) is 0.933. The van der Waals surface area contributed by atoms with Crippen LogP contribution in [-0.2, 0) is 9.59 Å². The average Bonchev–Trinajstić information content (AvgIpc) is 2.60. The van der Waals surface area contributed by atoms with Gasteiger partial charge in [-0.25, -0.2) is 0 Å². The Balaban J connectivity index is 1.86. The number of carboxylic acids is 1. The SMILES string of the molecule is O=C(O)CCC(NC(=O)CCSc1ccccc1)c1ccccc1. The Morgan fingerprint density at radius 1 is 0.958 bits per heavy atom. The van der Waals surface area contributed by atoms with E-state index in [-0.39, 0.29) is 18.4 Å². The zero-order valence-corrected chi connectivity index (χ0v) is 14.2. The zero-order chi connectivity index (χ0) is 17.2. The molecule has 4 nitrogen and oxygen atoms in total. The van der Waals surface area contributed by atoms with Crippen molar-refractivity contribution in [2.75, 3.05) is 5.75 Å². The van der Waals surface area contributed by atoms with E-state index in [0.717, 1.165) is 10.5 Å². The lowest BCUT2D eigenvalue weighted by Crippen LogP contribution is -2.29. The van der Waals surface area contributed by atoms with Gasteiger partial charge in [0.1, 0.15) is 0 Å². The number of carboxylic acid groups (broad SMARTS) is 1. The molecular formula is C19H21NO3S. The van der Waals surface area contributed by atoms with E-state index < -0.39 is 5.97 Å². The quantitative estimate of drug-likeness (QED) is 0.678. The summed E-state index contributed by atoms with van der Waals surface area (Å²) in [6.07, 6.45) is 0.811. The largest absolute Gasteiger partial charge is 0.481 e. The summed E-state index contributed by atoms with van der Waals surface area (Å²) in [7, 11) is 0. The van der Waals surface area contributed by atoms with E-state index in [4.69, 9.17) is 5.11 Å². The summed E-state index contributed by atoms with van der Waals surface area (Å²) < 4.78 is 0. The molecule has 1 atom stereocenters. The maximum absolute atomic E-state index is 12.2. The standard InChI is InChI=1S/C19H21NO3S/c21-18(13-14-24-16-9-5-2-6-10-16)20-17(11-12-19(22)23)15-7-3-1-4-8-15/h1-10,17H,11-14H2,(H,20,21)(H,22,23). The highest BCUT2D eigenvalue weighted by Crippen LogP contribution is 2.20. The van der Waals surface area contributed by atoms with Gasteiger partial charge in [-0.3, -0.25) is 9.59 Å². The van der Waals surface area contributed by atoms with E-state index in [0.29, 0.717) is 18.6 Å². The monoisotopic (exact) mass is 343 g/mol. The fourth-order valence-corrected chi connectivity index (χ4v) is 3.19. The highest BCUT2D eigenvalue weighted by molar-refractivity contribution is 7.99. The van der Waals surface area contributed by atoms with Gasteiger partial charge in [0.2, 0.25) is 5.91 Å². The number of amides is 1. The Kier molecular flexibility index (Phi) is 7.36. The number of benzene rings is 2. The molecule has 1 unspecified atom stereocenters. The number of hydrogen-bond donors (Lipinski definition) is 2. The number of aliphatic carboxylic acids is 1. The maximum Gasteiger partial charge on any atom is 0.303 e. The van der Waals surface area contributed by atoms with Gasteiger partial charge in [-0.15, -0.1) is 11.8 Å². The van der Waals surface area contributed by atoms with Gasteiger partial charge >= 0.3 is 5.97 Å². The van der Waals surface area contributed by atoms with Crippen LogP contribution in [-0.4, -0.2) is 22.7 Å². The second kappa shape index (κ2) is 9.78. The predicted molar refractivity (Wildman–Crippen MR) is 96.0 cm³/mol. The van der Waals surface area contributed by atoms with E-state index in [9.17, 15) is 9.59 Å². The molecule has 2 rings (SSSR count). The van der Waals surface area contributed by atoms with E-state index in [1.165, 1.54) is 0 Å². The molecule has 2 aromatic rings. The molecule has 0 fully saturated rings. The van der Waals surface area contributed by atoms with Crippen molar-refractivity contribution in [2.45, 2.75) is 30.2 Å². The van der Waals surface area contributed by atoms with Gasteiger partial charge < -0.3 is 10.4 Å². The Bertz CT molecular complexity index is 646. The minimum absolute atomic E-state index is 0.0264. The smallest absolute Gasteiger partial charge is 0.303 e. The first kappa shape index (κ1) is 18.1. The molecule has 0 heterocycles. The lowest BCUT2D eigenvalue weighted by Gasteiger charge is -2.18. The first-order valence-electron chi connectivity index (χ1n) is 7.89. The summed E-state index contributed by atoms with van der Waals surface area (Å²) in [4.78, 5) is 24.2. The molecular weight excluding hydrogens is 322 g/mol. The van der Waals surface area contributed by atoms with Crippen molar-refractivity contribution in [2.24, 2.45) is 0 Å². The average molecular weight is 343 g/mol. The highest BCUT2D eigenvalue weighted by atomic mass is 32.2. The summed E-state index contributed by atoms with van der Waals surface area (Å²) in [6, 6.07) is 19.2. The third-order valence-electron chi connectivity index (χ3n) is 3.53. The summed E-state index contributed by atoms with van der Waals surface area (Å²) in [6.45, 7) is 0. The molecule has 0 spiro atoms. The molecule has 0 saturated carbocycles. The lowest BCUT2D eigenvalue weighted by molar-refractivity contribution is -0.137. The van der Waals surface area contributed by atoms with Crippen LogP contribution in [0.5, 0.6) is 0 Å². The normalized spacial score (nSPS) is 11.7. The molecule has 126 valence electrons. The number of hydrogen-bond acceptors (Lipinski definition) is 3. The fraction of sp³-hybridized carbons (Fsp3) is 0.263. The number of nitrogens with one attached hydrogen (secondary N) is 1. The molecule has 1 amide bonds. The summed E-state index contributed by atoms with van der Waals surface area (Å²) in [5.74, 6) is -0.224. The summed E-state index contributed by atoms with van der Waals surface area (Å²) in [5, 5.41) is 11.9. The van der Waals surface area contributed by atoms with Gasteiger partial charge in [-0.2, -0.15) is 0 Å². The van der Waals surface area contributed by atoms with Gasteiger partial charge in [0.15, 0.2) is 0 Å². The van der Waals surface area contributed by atoms with Crippen LogP contribution in [0.25, 0.3) is 0 Å². The molecule has 0 aliphatic carbocycles. The molecule has 0 radical (unpaired) electrons. The number of thioether (sulfide) groups is 1. The van der Waals surface area contributed by atoms with Gasteiger partial charge in [0.25, 0.3) is 0 Å². The molecule has 5 heteroatoms. The van der Waals surface area contributed by atoms with Gasteiger partial charge in [0, 0.05) is 23.5 Å². The highest BCUT2D eigenvalue weighted by Gasteiger charge is 2.15. The van der Waals surface area contributed by atoms with Crippen molar-refractivity contribution < 1.29 is 14.7 Å². The number of carbonyl (C=O) groups is 2. The van der Waals surface area contributed by atoms with E-state index >= 15 is 0 Å². The Labute approximate surface area is 146 Å². The van der Waals surface area contributed by atoms with Gasteiger partial charge in [-0.05, 0) is 24.1 Å². The molecule has 0 bridgehead atoms. The van der Waals surface area contributed by atoms with Crippen LogP contribution in [0.2, 0.25) is 0 Å². The molecule has 2 aromatic carbocycles. The van der Waals surface area contributed by atoms with Crippen molar-refractivity contribution in [1.29, 1.82) is 0 Å². The fourth-order valence-electron chi connectivity index (χ4n) is 2.32. The first-order valence-corrected chi connectivity index (χ1v) is 8.87. The molecule has 2 N–H and O–H groups in total. The van der Waals surface area contributed by atoms with Crippen molar-refractivity contribution in [3.05, 3.63) is 66.2 Å². The topological polar surface area (TPSA) is 66.4 Å². The van der Waals surface area contributed by atoms with Crippen LogP contribution in [0.15, 0.2) is 65.6 Å². The predicted octanol–water partition coefficient (Wildman–Crippen LogP) is 3.89. The minimum atomic E-state index is -0.857. The van der Waals surface area contributed by atoms with Crippen LogP contribution in [0, 0.1) is 0 Å². The first-order chi connectivity index (χ1) is 11.6.